The predicted molar refractivity (Wildman–Crippen MR) is 63.8 cm³/mol. The van der Waals surface area contributed by atoms with Gasteiger partial charge in [0.1, 0.15) is 6.17 Å². The molecule has 1 aliphatic heterocycles. The Bertz CT molecular complexity index is 334. The molecule has 0 spiro atoms. The van der Waals surface area contributed by atoms with Crippen LogP contribution in [0, 0.1) is 5.92 Å². The van der Waals surface area contributed by atoms with Gasteiger partial charge in [0.15, 0.2) is 0 Å². The number of hydrogen-bond acceptors (Lipinski definition) is 2. The van der Waals surface area contributed by atoms with E-state index in [0.29, 0.717) is 6.54 Å². The number of nitrogens with two attached hydrogens (primary N) is 1. The summed E-state index contributed by atoms with van der Waals surface area (Å²) in [6.07, 6.45) is 1.18. The molecule has 1 aromatic carbocycles. The fraction of sp³-hybridized carbons (Fsp3) is 0.538. The number of hydrogen-bond donors (Lipinski definition) is 2. The van der Waals surface area contributed by atoms with Gasteiger partial charge in [-0.1, -0.05) is 24.3 Å². The minimum Gasteiger partial charge on any atom is -0.326 e. The van der Waals surface area contributed by atoms with Crippen molar-refractivity contribution in [1.29, 1.82) is 0 Å². The van der Waals surface area contributed by atoms with Gasteiger partial charge in [0, 0.05) is 19.0 Å². The lowest BCUT2D eigenvalue weighted by molar-refractivity contribution is 0.194. The van der Waals surface area contributed by atoms with Gasteiger partial charge in [-0.2, -0.15) is 0 Å². The molecule has 88 valence electrons. The highest BCUT2D eigenvalue weighted by atomic mass is 19.1. The third kappa shape index (κ3) is 2.60. The third-order valence-corrected chi connectivity index (χ3v) is 3.25. The first-order valence-corrected chi connectivity index (χ1v) is 5.95. The molecule has 1 heterocycles. The van der Waals surface area contributed by atoms with Gasteiger partial charge in [-0.05, 0) is 30.5 Å². The van der Waals surface area contributed by atoms with Crippen molar-refractivity contribution in [3.05, 3.63) is 35.4 Å². The highest BCUT2D eigenvalue weighted by Gasteiger charge is 2.24. The van der Waals surface area contributed by atoms with Crippen LogP contribution in [0.25, 0.3) is 0 Å². The van der Waals surface area contributed by atoms with Crippen LogP contribution in [0.1, 0.15) is 30.1 Å². The van der Waals surface area contributed by atoms with E-state index in [2.05, 4.69) is 5.32 Å². The first-order valence-electron chi connectivity index (χ1n) is 5.95. The van der Waals surface area contributed by atoms with Gasteiger partial charge in [-0.25, -0.2) is 4.39 Å². The summed E-state index contributed by atoms with van der Waals surface area (Å²) in [5, 5.41) is 3.25. The zero-order valence-corrected chi connectivity index (χ0v) is 9.45. The van der Waals surface area contributed by atoms with Crippen molar-refractivity contribution < 1.29 is 4.39 Å². The molecule has 0 amide bonds. The normalized spacial score (nSPS) is 23.0. The van der Waals surface area contributed by atoms with E-state index in [0.717, 1.165) is 37.1 Å². The van der Waals surface area contributed by atoms with Crippen LogP contribution < -0.4 is 11.1 Å². The van der Waals surface area contributed by atoms with E-state index in [4.69, 9.17) is 5.73 Å². The second-order valence-electron chi connectivity index (χ2n) is 4.46. The molecule has 1 aliphatic rings. The summed E-state index contributed by atoms with van der Waals surface area (Å²) in [6.45, 7) is 2.28. The molecule has 2 nitrogen and oxygen atoms in total. The van der Waals surface area contributed by atoms with E-state index < -0.39 is 6.17 Å². The molecule has 0 radical (unpaired) electrons. The van der Waals surface area contributed by atoms with E-state index >= 15 is 0 Å². The molecule has 2 atom stereocenters. The van der Waals surface area contributed by atoms with E-state index in [1.54, 1.807) is 0 Å². The van der Waals surface area contributed by atoms with Gasteiger partial charge in [0.05, 0.1) is 0 Å². The Hall–Kier alpha value is -0.930. The maximum Gasteiger partial charge on any atom is 0.129 e. The third-order valence-electron chi connectivity index (χ3n) is 3.25. The van der Waals surface area contributed by atoms with Gasteiger partial charge in [-0.3, -0.25) is 0 Å². The van der Waals surface area contributed by atoms with E-state index in [9.17, 15) is 4.39 Å². The lowest BCUT2D eigenvalue weighted by Crippen LogP contribution is -2.32. The maximum absolute atomic E-state index is 14.3. The van der Waals surface area contributed by atoms with Gasteiger partial charge in [0.25, 0.3) is 0 Å². The van der Waals surface area contributed by atoms with E-state index in [1.165, 1.54) is 0 Å². The lowest BCUT2D eigenvalue weighted by atomic mass is 9.90. The van der Waals surface area contributed by atoms with Crippen molar-refractivity contribution in [2.24, 2.45) is 11.7 Å². The summed E-state index contributed by atoms with van der Waals surface area (Å²) >= 11 is 0. The molecule has 3 N–H and O–H groups in total. The molecule has 0 aromatic heterocycles. The minimum atomic E-state index is -0.862. The molecule has 1 fully saturated rings. The number of nitrogens with one attached hydrogen (secondary N) is 1. The molecule has 0 aliphatic carbocycles. The lowest BCUT2D eigenvalue weighted by Gasteiger charge is -2.26. The number of piperidine rings is 1. The van der Waals surface area contributed by atoms with Gasteiger partial charge in [0.2, 0.25) is 0 Å². The average Bonchev–Trinajstić information content (AvgIpc) is 2.39. The molecule has 0 bridgehead atoms. The SMILES string of the molecule is NCc1cccc(C(F)C2CCCNC2)c1. The number of alkyl halides is 1. The smallest absolute Gasteiger partial charge is 0.129 e. The van der Waals surface area contributed by atoms with Crippen molar-refractivity contribution in [3.8, 4) is 0 Å². The fourth-order valence-corrected chi connectivity index (χ4v) is 2.29. The van der Waals surface area contributed by atoms with Crippen molar-refractivity contribution in [2.75, 3.05) is 13.1 Å². The van der Waals surface area contributed by atoms with Crippen LogP contribution in [0.4, 0.5) is 4.39 Å². The summed E-state index contributed by atoms with van der Waals surface area (Å²) in [7, 11) is 0. The molecule has 16 heavy (non-hydrogen) atoms. The molecule has 2 rings (SSSR count). The number of halogens is 1. The Morgan fingerprint density at radius 2 is 2.38 bits per heavy atom. The second-order valence-corrected chi connectivity index (χ2v) is 4.46. The summed E-state index contributed by atoms with van der Waals surface area (Å²) in [5.41, 5.74) is 7.34. The monoisotopic (exact) mass is 222 g/mol. The standard InChI is InChI=1S/C13H19FN2/c14-13(12-5-2-6-16-9-12)11-4-1-3-10(7-11)8-15/h1,3-4,7,12-13,16H,2,5-6,8-9,15H2. The summed E-state index contributed by atoms with van der Waals surface area (Å²) in [6, 6.07) is 7.58. The van der Waals surface area contributed by atoms with Crippen LogP contribution in [0.3, 0.4) is 0 Å². The van der Waals surface area contributed by atoms with Crippen LogP contribution in [-0.4, -0.2) is 13.1 Å². The van der Waals surface area contributed by atoms with Crippen molar-refractivity contribution >= 4 is 0 Å². The Kier molecular flexibility index (Phi) is 3.91. The maximum atomic E-state index is 14.3. The van der Waals surface area contributed by atoms with Gasteiger partial charge in [-0.15, -0.1) is 0 Å². The van der Waals surface area contributed by atoms with Gasteiger partial charge < -0.3 is 11.1 Å². The minimum absolute atomic E-state index is 0.113. The molecule has 1 saturated heterocycles. The highest BCUT2D eigenvalue weighted by molar-refractivity contribution is 5.25. The summed E-state index contributed by atoms with van der Waals surface area (Å²) < 4.78 is 14.3. The zero-order valence-electron chi connectivity index (χ0n) is 9.45. The predicted octanol–water partition coefficient (Wildman–Crippen LogP) is 2.16. The Morgan fingerprint density at radius 3 is 3.06 bits per heavy atom. The van der Waals surface area contributed by atoms with Crippen molar-refractivity contribution in [1.82, 2.24) is 5.32 Å². The van der Waals surface area contributed by atoms with Crippen LogP contribution in [0.2, 0.25) is 0 Å². The van der Waals surface area contributed by atoms with Crippen molar-refractivity contribution in [3.63, 3.8) is 0 Å². The van der Waals surface area contributed by atoms with E-state index in [1.807, 2.05) is 24.3 Å². The quantitative estimate of drug-likeness (QED) is 0.822. The van der Waals surface area contributed by atoms with Crippen LogP contribution in [-0.2, 0) is 6.54 Å². The molecule has 1 aromatic rings. The summed E-state index contributed by atoms with van der Waals surface area (Å²) in [5.74, 6) is 0.113. The zero-order chi connectivity index (χ0) is 11.4. The Morgan fingerprint density at radius 1 is 1.50 bits per heavy atom. The van der Waals surface area contributed by atoms with E-state index in [-0.39, 0.29) is 5.92 Å². The summed E-state index contributed by atoms with van der Waals surface area (Å²) in [4.78, 5) is 0. The number of rotatable bonds is 3. The molecule has 2 unspecified atom stereocenters. The van der Waals surface area contributed by atoms with Crippen LogP contribution in [0.5, 0.6) is 0 Å². The molecule has 3 heteroatoms. The van der Waals surface area contributed by atoms with Gasteiger partial charge >= 0.3 is 0 Å². The Balaban J connectivity index is 2.09. The largest absolute Gasteiger partial charge is 0.326 e. The van der Waals surface area contributed by atoms with Crippen molar-refractivity contribution in [2.45, 2.75) is 25.6 Å². The number of benzene rings is 1. The van der Waals surface area contributed by atoms with Crippen LogP contribution >= 0.6 is 0 Å². The Labute approximate surface area is 96.0 Å². The average molecular weight is 222 g/mol. The second kappa shape index (κ2) is 5.41. The first kappa shape index (κ1) is 11.6. The molecular weight excluding hydrogens is 203 g/mol. The molecule has 0 saturated carbocycles. The topological polar surface area (TPSA) is 38.0 Å². The first-order chi connectivity index (χ1) is 7.81. The molecular formula is C13H19FN2. The van der Waals surface area contributed by atoms with Crippen LogP contribution in [0.15, 0.2) is 24.3 Å². The fourth-order valence-electron chi connectivity index (χ4n) is 2.29. The highest BCUT2D eigenvalue weighted by Crippen LogP contribution is 2.30.